The van der Waals surface area contributed by atoms with Crippen molar-refractivity contribution in [3.8, 4) is 5.75 Å². The normalized spacial score (nSPS) is 24.7. The Bertz CT molecular complexity index is 1100. The van der Waals surface area contributed by atoms with E-state index in [0.29, 0.717) is 6.07 Å². The summed E-state index contributed by atoms with van der Waals surface area (Å²) in [4.78, 5) is 13.0. The van der Waals surface area contributed by atoms with Gasteiger partial charge in [-0.2, -0.15) is 17.6 Å². The van der Waals surface area contributed by atoms with Crippen LogP contribution in [0, 0.1) is 23.4 Å². The fourth-order valence-electron chi connectivity index (χ4n) is 4.07. The number of alkyl halides is 3. The molecule has 0 spiro atoms. The van der Waals surface area contributed by atoms with Crippen LogP contribution in [0.2, 0.25) is 0 Å². The maximum absolute atomic E-state index is 14.3. The van der Waals surface area contributed by atoms with E-state index in [4.69, 9.17) is 19.5 Å². The molecule has 2 aromatic carbocycles. The zero-order valence-electron chi connectivity index (χ0n) is 18.1. The van der Waals surface area contributed by atoms with Crippen LogP contribution in [-0.2, 0) is 9.53 Å². The number of halogens is 6. The number of carbonyl (C=O) groups is 1. The quantitative estimate of drug-likeness (QED) is 0.443. The summed E-state index contributed by atoms with van der Waals surface area (Å²) < 4.78 is 94.0. The van der Waals surface area contributed by atoms with Crippen molar-refractivity contribution in [2.24, 2.45) is 5.92 Å². The first kappa shape index (κ1) is 25.9. The van der Waals surface area contributed by atoms with Gasteiger partial charge in [0.25, 0.3) is 5.91 Å². The Labute approximate surface area is 190 Å². The molecule has 0 saturated carbocycles. The number of hydrogen-bond acceptors (Lipinski definition) is 5. The van der Waals surface area contributed by atoms with E-state index in [0.717, 1.165) is 45.2 Å². The van der Waals surface area contributed by atoms with E-state index in [2.05, 4.69) is 5.32 Å². The molecule has 0 unspecified atom stereocenters. The third-order valence-corrected chi connectivity index (χ3v) is 6.12. The van der Waals surface area contributed by atoms with E-state index in [-0.39, 0.29) is 11.3 Å². The zero-order chi connectivity index (χ0) is 25.6. The Hall–Kier alpha value is -2.77. The SMILES string of the molecule is COc1c([C@H]2[C@H](C(=O)Nc3ccc(B(O)O)c(F)c3)O[C@@](C)(C(F)(F)F)[C@H]2C)ccc(F)c1F. The zero-order valence-corrected chi connectivity index (χ0v) is 18.1. The molecule has 184 valence electrons. The predicted molar refractivity (Wildman–Crippen MR) is 109 cm³/mol. The van der Waals surface area contributed by atoms with Gasteiger partial charge in [-0.25, -0.2) is 8.78 Å². The maximum atomic E-state index is 14.3. The van der Waals surface area contributed by atoms with Crippen molar-refractivity contribution < 1.29 is 50.7 Å². The van der Waals surface area contributed by atoms with Crippen LogP contribution in [-0.4, -0.2) is 48.1 Å². The molecule has 0 aromatic heterocycles. The van der Waals surface area contributed by atoms with Crippen LogP contribution >= 0.6 is 0 Å². The Morgan fingerprint density at radius 3 is 2.32 bits per heavy atom. The number of nitrogens with one attached hydrogen (secondary N) is 1. The van der Waals surface area contributed by atoms with Crippen molar-refractivity contribution in [1.29, 1.82) is 0 Å². The standard InChI is InChI=1S/C21H20BF6NO5/c1-9-15(11-5-7-13(23)16(25)17(11)33-3)18(34-20(9,2)21(26,27)28)19(30)29-10-4-6-12(22(31)32)14(24)8-10/h4-9,15,18,31-32H,1-3H3,(H,29,30)/t9-,15-,18+,20+/m0/s1. The molecule has 0 aliphatic carbocycles. The molecule has 1 aliphatic heterocycles. The third-order valence-electron chi connectivity index (χ3n) is 6.12. The van der Waals surface area contributed by atoms with E-state index >= 15 is 0 Å². The predicted octanol–water partition coefficient (Wildman–Crippen LogP) is 2.87. The Balaban J connectivity index is 2.05. The van der Waals surface area contributed by atoms with Crippen LogP contribution in [0.1, 0.15) is 25.3 Å². The summed E-state index contributed by atoms with van der Waals surface area (Å²) in [6, 6.07) is 4.52. The number of rotatable bonds is 5. The summed E-state index contributed by atoms with van der Waals surface area (Å²) in [5.74, 6) is -8.50. The Morgan fingerprint density at radius 2 is 1.79 bits per heavy atom. The number of ether oxygens (including phenoxy) is 2. The van der Waals surface area contributed by atoms with Gasteiger partial charge in [-0.3, -0.25) is 4.79 Å². The van der Waals surface area contributed by atoms with E-state index in [1.165, 1.54) is 0 Å². The van der Waals surface area contributed by atoms with E-state index < -0.39 is 71.4 Å². The fraction of sp³-hybridized carbons (Fsp3) is 0.381. The van der Waals surface area contributed by atoms with Gasteiger partial charge in [-0.05, 0) is 25.1 Å². The molecule has 1 saturated heterocycles. The first-order chi connectivity index (χ1) is 15.7. The van der Waals surface area contributed by atoms with E-state index in [1.807, 2.05) is 0 Å². The lowest BCUT2D eigenvalue weighted by atomic mass is 9.77. The second-order valence-corrected chi connectivity index (χ2v) is 8.04. The Kier molecular flexibility index (Phi) is 6.93. The summed E-state index contributed by atoms with van der Waals surface area (Å²) in [7, 11) is -1.12. The molecule has 0 radical (unpaired) electrons. The van der Waals surface area contributed by atoms with Crippen molar-refractivity contribution >= 4 is 24.2 Å². The summed E-state index contributed by atoms with van der Waals surface area (Å²) in [5, 5.41) is 20.4. The summed E-state index contributed by atoms with van der Waals surface area (Å²) in [6.45, 7) is 1.89. The molecular formula is C21H20BF6NO5. The van der Waals surface area contributed by atoms with Gasteiger partial charge in [0, 0.05) is 28.5 Å². The van der Waals surface area contributed by atoms with Crippen molar-refractivity contribution in [3.05, 3.63) is 53.3 Å². The van der Waals surface area contributed by atoms with E-state index in [9.17, 15) is 31.1 Å². The number of anilines is 1. The monoisotopic (exact) mass is 491 g/mol. The largest absolute Gasteiger partial charge is 0.493 e. The molecule has 4 atom stereocenters. The van der Waals surface area contributed by atoms with Gasteiger partial charge in [-0.15, -0.1) is 0 Å². The minimum atomic E-state index is -4.93. The van der Waals surface area contributed by atoms with Crippen LogP contribution in [0.4, 0.5) is 32.0 Å². The highest BCUT2D eigenvalue weighted by molar-refractivity contribution is 6.58. The van der Waals surface area contributed by atoms with Gasteiger partial charge >= 0.3 is 13.3 Å². The van der Waals surface area contributed by atoms with Crippen molar-refractivity contribution in [2.45, 2.75) is 37.6 Å². The van der Waals surface area contributed by atoms with Crippen molar-refractivity contribution in [1.82, 2.24) is 0 Å². The molecular weight excluding hydrogens is 471 g/mol. The molecule has 3 N–H and O–H groups in total. The summed E-state index contributed by atoms with van der Waals surface area (Å²) >= 11 is 0. The molecule has 1 amide bonds. The lowest BCUT2D eigenvalue weighted by Gasteiger charge is -2.32. The highest BCUT2D eigenvalue weighted by atomic mass is 19.4. The molecule has 6 nitrogen and oxygen atoms in total. The first-order valence-corrected chi connectivity index (χ1v) is 9.95. The summed E-state index contributed by atoms with van der Waals surface area (Å²) in [6.07, 6.45) is -6.79. The van der Waals surface area contributed by atoms with Gasteiger partial charge in [0.05, 0.1) is 7.11 Å². The number of benzene rings is 2. The van der Waals surface area contributed by atoms with Crippen LogP contribution in [0.15, 0.2) is 30.3 Å². The number of methoxy groups -OCH3 is 1. The van der Waals surface area contributed by atoms with Crippen molar-refractivity contribution in [3.63, 3.8) is 0 Å². The summed E-state index contributed by atoms with van der Waals surface area (Å²) in [5.41, 5.74) is -3.75. The average Bonchev–Trinajstić information content (AvgIpc) is 3.02. The molecule has 13 heteroatoms. The van der Waals surface area contributed by atoms with Crippen LogP contribution in [0.25, 0.3) is 0 Å². The topological polar surface area (TPSA) is 88.0 Å². The van der Waals surface area contributed by atoms with E-state index in [1.54, 1.807) is 0 Å². The maximum Gasteiger partial charge on any atom is 0.491 e. The third kappa shape index (κ3) is 4.35. The lowest BCUT2D eigenvalue weighted by Crippen LogP contribution is -2.47. The highest BCUT2D eigenvalue weighted by Gasteiger charge is 2.65. The number of carbonyl (C=O) groups excluding carboxylic acids is 1. The molecule has 34 heavy (non-hydrogen) atoms. The average molecular weight is 491 g/mol. The van der Waals surface area contributed by atoms with Gasteiger partial charge in [0.2, 0.25) is 5.82 Å². The molecule has 3 rings (SSSR count). The van der Waals surface area contributed by atoms with Gasteiger partial charge in [0.1, 0.15) is 11.9 Å². The molecule has 1 fully saturated rings. The molecule has 2 aromatic rings. The number of amides is 1. The number of hydrogen-bond donors (Lipinski definition) is 3. The molecule has 1 heterocycles. The second kappa shape index (κ2) is 9.12. The minimum Gasteiger partial charge on any atom is -0.493 e. The van der Waals surface area contributed by atoms with Crippen molar-refractivity contribution in [2.75, 3.05) is 12.4 Å². The highest BCUT2D eigenvalue weighted by Crippen LogP contribution is 2.55. The van der Waals surface area contributed by atoms with Crippen LogP contribution in [0.3, 0.4) is 0 Å². The van der Waals surface area contributed by atoms with Crippen LogP contribution in [0.5, 0.6) is 5.75 Å². The lowest BCUT2D eigenvalue weighted by molar-refractivity contribution is -0.272. The molecule has 1 aliphatic rings. The fourth-order valence-corrected chi connectivity index (χ4v) is 4.07. The first-order valence-electron chi connectivity index (χ1n) is 9.95. The second-order valence-electron chi connectivity index (χ2n) is 8.04. The van der Waals surface area contributed by atoms with Gasteiger partial charge in [-0.1, -0.05) is 19.1 Å². The molecule has 0 bridgehead atoms. The van der Waals surface area contributed by atoms with Gasteiger partial charge < -0.3 is 24.8 Å². The Morgan fingerprint density at radius 1 is 1.15 bits per heavy atom. The van der Waals surface area contributed by atoms with Gasteiger partial charge in [0.15, 0.2) is 17.2 Å². The smallest absolute Gasteiger partial charge is 0.491 e. The minimum absolute atomic E-state index is 0.209. The van der Waals surface area contributed by atoms with Crippen LogP contribution < -0.4 is 15.5 Å².